The zero-order chi connectivity index (χ0) is 9.26. The Labute approximate surface area is 77.1 Å². The molecule has 0 unspecified atom stereocenters. The molecule has 3 nitrogen and oxygen atoms in total. The van der Waals surface area contributed by atoms with E-state index in [1.165, 1.54) is 10.4 Å². The van der Waals surface area contributed by atoms with Crippen LogP contribution >= 0.6 is 0 Å². The van der Waals surface area contributed by atoms with Crippen molar-refractivity contribution >= 4 is 10.9 Å². The Kier molecular flexibility index (Phi) is 1.93. The molecule has 2 rings (SSSR count). The van der Waals surface area contributed by atoms with Gasteiger partial charge in [-0.25, -0.2) is 0 Å². The second-order valence-electron chi connectivity index (χ2n) is 3.23. The number of benzene rings is 1. The summed E-state index contributed by atoms with van der Waals surface area (Å²) in [5.74, 6) is 5.65. The van der Waals surface area contributed by atoms with Crippen molar-refractivity contribution in [1.29, 1.82) is 0 Å². The van der Waals surface area contributed by atoms with Crippen molar-refractivity contribution in [1.82, 2.24) is 9.89 Å². The largest absolute Gasteiger partial charge is 0.323 e. The van der Waals surface area contributed by atoms with Crippen LogP contribution in [0.4, 0.5) is 0 Å². The van der Waals surface area contributed by atoms with Gasteiger partial charge in [0.15, 0.2) is 0 Å². The fraction of sp³-hybridized carbons (Fsp3) is 0.300. The Balaban J connectivity index is 2.53. The van der Waals surface area contributed by atoms with Crippen LogP contribution in [0.3, 0.4) is 0 Å². The smallest absolute Gasteiger partial charge is 0.0918 e. The molecule has 0 aliphatic rings. The van der Waals surface area contributed by atoms with Crippen molar-refractivity contribution < 1.29 is 0 Å². The predicted octanol–water partition coefficient (Wildman–Crippen LogP) is 1.70. The quantitative estimate of drug-likeness (QED) is 0.706. The molecule has 1 aromatic heterocycles. The monoisotopic (exact) mass is 175 g/mol. The summed E-state index contributed by atoms with van der Waals surface area (Å²) in [4.78, 5) is 1.43. The molecule has 2 aromatic rings. The SMILES string of the molecule is CCCc1ccc2cnn(N)c2c1. The summed E-state index contributed by atoms with van der Waals surface area (Å²) < 4.78 is 0. The van der Waals surface area contributed by atoms with E-state index in [4.69, 9.17) is 5.84 Å². The predicted molar refractivity (Wildman–Crippen MR) is 53.9 cm³/mol. The molecule has 0 saturated heterocycles. The lowest BCUT2D eigenvalue weighted by Gasteiger charge is -1.99. The lowest BCUT2D eigenvalue weighted by atomic mass is 10.1. The minimum atomic E-state index is 1.01. The van der Waals surface area contributed by atoms with Crippen molar-refractivity contribution in [2.45, 2.75) is 19.8 Å². The van der Waals surface area contributed by atoms with Crippen molar-refractivity contribution in [3.05, 3.63) is 30.0 Å². The van der Waals surface area contributed by atoms with Crippen LogP contribution in [-0.4, -0.2) is 9.89 Å². The molecule has 1 aromatic carbocycles. The van der Waals surface area contributed by atoms with Crippen LogP contribution in [0.5, 0.6) is 0 Å². The van der Waals surface area contributed by atoms with E-state index in [-0.39, 0.29) is 0 Å². The van der Waals surface area contributed by atoms with Crippen molar-refractivity contribution in [3.8, 4) is 0 Å². The summed E-state index contributed by atoms with van der Waals surface area (Å²) >= 11 is 0. The summed E-state index contributed by atoms with van der Waals surface area (Å²) in [6.07, 6.45) is 4.04. The number of hydrogen-bond acceptors (Lipinski definition) is 2. The minimum Gasteiger partial charge on any atom is -0.323 e. The van der Waals surface area contributed by atoms with Crippen LogP contribution in [0, 0.1) is 0 Å². The number of rotatable bonds is 2. The van der Waals surface area contributed by atoms with Crippen LogP contribution in [0.25, 0.3) is 10.9 Å². The summed E-state index contributed by atoms with van der Waals surface area (Å²) in [5.41, 5.74) is 2.33. The first kappa shape index (κ1) is 8.10. The van der Waals surface area contributed by atoms with Gasteiger partial charge in [0.2, 0.25) is 0 Å². The Morgan fingerprint density at radius 1 is 1.46 bits per heavy atom. The molecule has 0 fully saturated rings. The van der Waals surface area contributed by atoms with E-state index in [0.29, 0.717) is 0 Å². The van der Waals surface area contributed by atoms with Crippen LogP contribution in [0.1, 0.15) is 18.9 Å². The van der Waals surface area contributed by atoms with Gasteiger partial charge in [0, 0.05) is 5.39 Å². The molecule has 0 radical (unpaired) electrons. The highest BCUT2D eigenvalue weighted by Crippen LogP contribution is 2.14. The molecule has 0 bridgehead atoms. The zero-order valence-electron chi connectivity index (χ0n) is 7.70. The fourth-order valence-corrected chi connectivity index (χ4v) is 1.53. The van der Waals surface area contributed by atoms with E-state index >= 15 is 0 Å². The van der Waals surface area contributed by atoms with E-state index in [1.54, 1.807) is 6.20 Å². The van der Waals surface area contributed by atoms with E-state index in [0.717, 1.165) is 23.7 Å². The van der Waals surface area contributed by atoms with Crippen LogP contribution in [0.2, 0.25) is 0 Å². The van der Waals surface area contributed by atoms with Gasteiger partial charge in [0.1, 0.15) is 0 Å². The molecule has 3 heteroatoms. The molecule has 1 heterocycles. The van der Waals surface area contributed by atoms with Gasteiger partial charge in [0.25, 0.3) is 0 Å². The van der Waals surface area contributed by atoms with E-state index in [1.807, 2.05) is 0 Å². The van der Waals surface area contributed by atoms with Gasteiger partial charge in [-0.15, -0.1) is 0 Å². The van der Waals surface area contributed by atoms with Gasteiger partial charge in [-0.05, 0) is 18.1 Å². The molecule has 13 heavy (non-hydrogen) atoms. The number of hydrogen-bond donors (Lipinski definition) is 1. The molecule has 0 aliphatic carbocycles. The third-order valence-electron chi connectivity index (χ3n) is 2.20. The number of aromatic nitrogens is 2. The molecular weight excluding hydrogens is 162 g/mol. The lowest BCUT2D eigenvalue weighted by molar-refractivity contribution is 0.859. The Morgan fingerprint density at radius 2 is 2.31 bits per heavy atom. The minimum absolute atomic E-state index is 1.01. The van der Waals surface area contributed by atoms with Gasteiger partial charge >= 0.3 is 0 Å². The number of aryl methyl sites for hydroxylation is 1. The molecule has 0 spiro atoms. The number of nitrogen functional groups attached to an aromatic ring is 1. The zero-order valence-corrected chi connectivity index (χ0v) is 7.70. The molecule has 68 valence electrons. The molecule has 0 atom stereocenters. The molecule has 0 aliphatic heterocycles. The molecule has 2 N–H and O–H groups in total. The maximum Gasteiger partial charge on any atom is 0.0918 e. The highest BCUT2D eigenvalue weighted by Gasteiger charge is 2.00. The van der Waals surface area contributed by atoms with Gasteiger partial charge in [-0.3, -0.25) is 0 Å². The Bertz CT molecular complexity index is 417. The number of nitrogens with two attached hydrogens (primary N) is 1. The van der Waals surface area contributed by atoms with Crippen molar-refractivity contribution in [3.63, 3.8) is 0 Å². The summed E-state index contributed by atoms with van der Waals surface area (Å²) in [5, 5.41) is 5.09. The van der Waals surface area contributed by atoms with E-state index in [2.05, 4.69) is 30.2 Å². The lowest BCUT2D eigenvalue weighted by Crippen LogP contribution is -2.09. The Hall–Kier alpha value is -1.51. The van der Waals surface area contributed by atoms with E-state index < -0.39 is 0 Å². The summed E-state index contributed by atoms with van der Waals surface area (Å²) in [7, 11) is 0. The highest BCUT2D eigenvalue weighted by molar-refractivity contribution is 5.79. The summed E-state index contributed by atoms with van der Waals surface area (Å²) in [6.45, 7) is 2.17. The van der Waals surface area contributed by atoms with Crippen molar-refractivity contribution in [2.75, 3.05) is 5.84 Å². The molecule has 0 amide bonds. The second kappa shape index (κ2) is 3.09. The van der Waals surface area contributed by atoms with E-state index in [9.17, 15) is 0 Å². The first-order valence-electron chi connectivity index (χ1n) is 4.53. The highest BCUT2D eigenvalue weighted by atomic mass is 15.5. The topological polar surface area (TPSA) is 43.8 Å². The molecular formula is C10H13N3. The maximum atomic E-state index is 5.65. The third kappa shape index (κ3) is 1.37. The van der Waals surface area contributed by atoms with Crippen LogP contribution in [0.15, 0.2) is 24.4 Å². The number of fused-ring (bicyclic) bond motifs is 1. The van der Waals surface area contributed by atoms with Crippen molar-refractivity contribution in [2.24, 2.45) is 0 Å². The standard InChI is InChI=1S/C10H13N3/c1-2-3-8-4-5-9-7-12-13(11)10(9)6-8/h4-7H,2-3,11H2,1H3. The second-order valence-corrected chi connectivity index (χ2v) is 3.23. The van der Waals surface area contributed by atoms with Gasteiger partial charge in [-0.2, -0.15) is 9.89 Å². The first-order chi connectivity index (χ1) is 6.31. The van der Waals surface area contributed by atoms with Gasteiger partial charge < -0.3 is 5.84 Å². The normalized spacial score (nSPS) is 10.8. The van der Waals surface area contributed by atoms with Gasteiger partial charge in [-0.1, -0.05) is 25.5 Å². The van der Waals surface area contributed by atoms with Gasteiger partial charge in [0.05, 0.1) is 11.7 Å². The summed E-state index contributed by atoms with van der Waals surface area (Å²) in [6, 6.07) is 6.30. The van der Waals surface area contributed by atoms with Crippen LogP contribution in [-0.2, 0) is 6.42 Å². The average molecular weight is 175 g/mol. The Morgan fingerprint density at radius 3 is 3.08 bits per heavy atom. The molecule has 0 saturated carbocycles. The average Bonchev–Trinajstić information content (AvgIpc) is 2.49. The fourth-order valence-electron chi connectivity index (χ4n) is 1.53. The number of nitrogens with zero attached hydrogens (tertiary/aromatic N) is 2. The third-order valence-corrected chi connectivity index (χ3v) is 2.20. The van der Waals surface area contributed by atoms with Crippen LogP contribution < -0.4 is 5.84 Å². The maximum absolute atomic E-state index is 5.65. The first-order valence-corrected chi connectivity index (χ1v) is 4.53.